The lowest BCUT2D eigenvalue weighted by atomic mass is 10.7. The molecule has 0 fully saturated rings. The highest BCUT2D eigenvalue weighted by molar-refractivity contribution is 7.40. The van der Waals surface area contributed by atoms with E-state index in [1.165, 1.54) is 39.3 Å². The van der Waals surface area contributed by atoms with Crippen molar-refractivity contribution in [1.82, 2.24) is 0 Å². The van der Waals surface area contributed by atoms with Gasteiger partial charge in [-0.25, -0.2) is 0 Å². The molecule has 20 heavy (non-hydrogen) atoms. The van der Waals surface area contributed by atoms with Gasteiger partial charge in [-0.05, 0) is 41.5 Å². The molecule has 0 aromatic rings. The standard InChI is InChI=1S/3C4H11N.H3O4P/c3*1-3-5-4-2;1-5(2,3)4/h3*5H,3-4H2,1-2H3;(H3,1,2,3,4). The maximum atomic E-state index is 8.55. The van der Waals surface area contributed by atoms with E-state index in [9.17, 15) is 0 Å². The van der Waals surface area contributed by atoms with Crippen LogP contribution in [0.4, 0.5) is 0 Å². The van der Waals surface area contributed by atoms with E-state index in [-0.39, 0.29) is 0 Å². The summed E-state index contributed by atoms with van der Waals surface area (Å²) >= 11 is 0. The lowest BCUT2D eigenvalue weighted by molar-refractivity contribution is -0.648. The van der Waals surface area contributed by atoms with E-state index in [2.05, 4.69) is 57.5 Å². The van der Waals surface area contributed by atoms with E-state index in [0.717, 1.165) is 0 Å². The van der Waals surface area contributed by atoms with Crippen LogP contribution < -0.4 is 30.6 Å². The summed E-state index contributed by atoms with van der Waals surface area (Å²) in [6.07, 6.45) is 0. The van der Waals surface area contributed by atoms with Crippen LogP contribution in [0.2, 0.25) is 0 Å². The summed E-state index contributed by atoms with van der Waals surface area (Å²) in [7, 11) is -5.39. The van der Waals surface area contributed by atoms with Gasteiger partial charge in [-0.15, -0.1) is 0 Å². The third-order valence-corrected chi connectivity index (χ3v) is 1.73. The van der Waals surface area contributed by atoms with Crippen molar-refractivity contribution in [2.24, 2.45) is 0 Å². The maximum Gasteiger partial charge on any atom is 0.0726 e. The van der Waals surface area contributed by atoms with Crippen molar-refractivity contribution in [3.63, 3.8) is 0 Å². The molecule has 0 aliphatic rings. The molecular weight excluding hydrogens is 281 g/mol. The van der Waals surface area contributed by atoms with Crippen molar-refractivity contribution in [2.75, 3.05) is 39.3 Å². The summed E-state index contributed by atoms with van der Waals surface area (Å²) < 4.78 is 8.55. The number of quaternary nitrogens is 3. The number of hydrogen-bond donors (Lipinski definition) is 3. The van der Waals surface area contributed by atoms with Crippen molar-refractivity contribution in [3.8, 4) is 0 Å². The average Bonchev–Trinajstić information content (AvgIpc) is 2.31. The minimum Gasteiger partial charge on any atom is -0.822 e. The Bertz CT molecular complexity index is 152. The van der Waals surface area contributed by atoms with Crippen LogP contribution in [0.3, 0.4) is 0 Å². The number of nitrogens with two attached hydrogens (primary N) is 3. The summed E-state index contributed by atoms with van der Waals surface area (Å²) in [5, 5.41) is 6.75. The van der Waals surface area contributed by atoms with E-state index in [1.54, 1.807) is 0 Å². The molecule has 0 spiro atoms. The van der Waals surface area contributed by atoms with Gasteiger partial charge in [0.2, 0.25) is 0 Å². The second-order valence-corrected chi connectivity index (χ2v) is 4.66. The van der Waals surface area contributed by atoms with Gasteiger partial charge in [0.25, 0.3) is 0 Å². The topological polar surface area (TPSA) is 136 Å². The lowest BCUT2D eigenvalue weighted by Crippen LogP contribution is -2.82. The molecule has 0 aliphatic heterocycles. The summed E-state index contributed by atoms with van der Waals surface area (Å²) in [6, 6.07) is 0. The van der Waals surface area contributed by atoms with Gasteiger partial charge >= 0.3 is 0 Å². The fraction of sp³-hybridized carbons (Fsp3) is 1.00. The SMILES string of the molecule is CC[NH2+]CC.CC[NH2+]CC.CC[NH2+]CC.O=P([O-])([O-])[O-]. The van der Waals surface area contributed by atoms with Crippen LogP contribution in [0.1, 0.15) is 41.5 Å². The van der Waals surface area contributed by atoms with Gasteiger partial charge in [-0.1, -0.05) is 0 Å². The predicted octanol–water partition coefficient (Wildman–Crippen LogP) is -4.06. The average molecular weight is 317 g/mol. The van der Waals surface area contributed by atoms with Crippen molar-refractivity contribution in [2.45, 2.75) is 41.5 Å². The minimum atomic E-state index is -5.39. The molecule has 0 unspecified atom stereocenters. The first-order valence-corrected chi connectivity index (χ1v) is 8.88. The molecular formula is C12H36N3O4P. The highest BCUT2D eigenvalue weighted by Crippen LogP contribution is 2.03. The Morgan fingerprint density at radius 3 is 0.700 bits per heavy atom. The van der Waals surface area contributed by atoms with Crippen LogP contribution in [0.5, 0.6) is 0 Å². The summed E-state index contributed by atoms with van der Waals surface area (Å²) in [6.45, 7) is 20.2. The molecule has 7 nitrogen and oxygen atoms in total. The second kappa shape index (κ2) is 27.4. The zero-order valence-electron chi connectivity index (χ0n) is 14.1. The monoisotopic (exact) mass is 317 g/mol. The molecule has 0 saturated carbocycles. The molecule has 0 aliphatic carbocycles. The van der Waals surface area contributed by atoms with Crippen molar-refractivity contribution < 1.29 is 35.2 Å². The maximum absolute atomic E-state index is 8.55. The van der Waals surface area contributed by atoms with E-state index in [1.807, 2.05) is 0 Å². The quantitative estimate of drug-likeness (QED) is 0.429. The Morgan fingerprint density at radius 1 is 0.600 bits per heavy atom. The Hall–Kier alpha value is -0.0100. The van der Waals surface area contributed by atoms with Crippen LogP contribution in [0.25, 0.3) is 0 Å². The van der Waals surface area contributed by atoms with Gasteiger partial charge in [0, 0.05) is 0 Å². The van der Waals surface area contributed by atoms with Crippen LogP contribution in [0, 0.1) is 0 Å². The minimum absolute atomic E-state index is 1.22. The fourth-order valence-corrected chi connectivity index (χ4v) is 0.866. The van der Waals surface area contributed by atoms with E-state index < -0.39 is 7.82 Å². The largest absolute Gasteiger partial charge is 0.822 e. The molecule has 0 radical (unpaired) electrons. The summed E-state index contributed by atoms with van der Waals surface area (Å²) in [4.78, 5) is 25.6. The molecule has 0 atom stereocenters. The molecule has 0 heterocycles. The smallest absolute Gasteiger partial charge is 0.0726 e. The molecule has 0 amide bonds. The van der Waals surface area contributed by atoms with Gasteiger partial charge in [0.15, 0.2) is 0 Å². The molecule has 0 aromatic heterocycles. The van der Waals surface area contributed by atoms with E-state index in [4.69, 9.17) is 19.2 Å². The molecule has 6 N–H and O–H groups in total. The van der Waals surface area contributed by atoms with Gasteiger partial charge in [0.05, 0.1) is 39.3 Å². The highest BCUT2D eigenvalue weighted by Gasteiger charge is 1.68. The predicted molar refractivity (Wildman–Crippen MR) is 76.6 cm³/mol. The van der Waals surface area contributed by atoms with E-state index >= 15 is 0 Å². The zero-order valence-corrected chi connectivity index (χ0v) is 14.9. The second-order valence-electron chi connectivity index (χ2n) is 3.76. The first-order valence-electron chi connectivity index (χ1n) is 7.42. The number of phosphoric acid groups is 1. The molecule has 8 heteroatoms. The number of rotatable bonds is 6. The van der Waals surface area contributed by atoms with E-state index in [0.29, 0.717) is 0 Å². The van der Waals surface area contributed by atoms with Gasteiger partial charge in [0.1, 0.15) is 0 Å². The Morgan fingerprint density at radius 2 is 0.700 bits per heavy atom. The molecule has 128 valence electrons. The molecule has 0 saturated heterocycles. The van der Waals surface area contributed by atoms with Gasteiger partial charge < -0.3 is 35.2 Å². The first kappa shape index (κ1) is 28.2. The van der Waals surface area contributed by atoms with Gasteiger partial charge in [-0.2, -0.15) is 7.82 Å². The molecule has 0 rings (SSSR count). The Kier molecular flexibility index (Phi) is 38.6. The van der Waals surface area contributed by atoms with Crippen LogP contribution in [-0.2, 0) is 4.57 Å². The number of hydrogen-bond acceptors (Lipinski definition) is 4. The van der Waals surface area contributed by atoms with Crippen LogP contribution in [-0.4, -0.2) is 39.3 Å². The Labute approximate surface area is 124 Å². The highest BCUT2D eigenvalue weighted by atomic mass is 31.2. The third kappa shape index (κ3) is 145. The third-order valence-electron chi connectivity index (χ3n) is 1.73. The van der Waals surface area contributed by atoms with Crippen molar-refractivity contribution in [1.29, 1.82) is 0 Å². The van der Waals surface area contributed by atoms with Gasteiger partial charge in [-0.3, -0.25) is 0 Å². The Balaban J connectivity index is -0.0000000853. The van der Waals surface area contributed by atoms with Crippen molar-refractivity contribution >= 4 is 7.82 Å². The zero-order chi connectivity index (χ0) is 16.9. The summed E-state index contributed by atoms with van der Waals surface area (Å²) in [5.41, 5.74) is 0. The van der Waals surface area contributed by atoms with Crippen LogP contribution >= 0.6 is 7.82 Å². The fourth-order valence-electron chi connectivity index (χ4n) is 0.866. The lowest BCUT2D eigenvalue weighted by Gasteiger charge is -2.36. The van der Waals surface area contributed by atoms with Crippen LogP contribution in [0.15, 0.2) is 0 Å². The molecule has 0 bridgehead atoms. The van der Waals surface area contributed by atoms with Crippen molar-refractivity contribution in [3.05, 3.63) is 0 Å². The summed E-state index contributed by atoms with van der Waals surface area (Å²) in [5.74, 6) is 0. The first-order chi connectivity index (χ1) is 9.24. The molecule has 0 aromatic carbocycles. The normalized spacial score (nSPS) is 9.25.